The molecule has 1 heterocycles. The predicted molar refractivity (Wildman–Crippen MR) is 115 cm³/mol. The van der Waals surface area contributed by atoms with E-state index >= 15 is 0 Å². The molecule has 0 aliphatic carbocycles. The summed E-state index contributed by atoms with van der Waals surface area (Å²) in [5.74, 6) is 2.28. The molecule has 0 saturated carbocycles. The summed E-state index contributed by atoms with van der Waals surface area (Å²) in [6.07, 6.45) is 5.67. The van der Waals surface area contributed by atoms with Gasteiger partial charge in [0.25, 0.3) is 0 Å². The quantitative estimate of drug-likeness (QED) is 0.290. The predicted octanol–water partition coefficient (Wildman–Crippen LogP) is 2.74. The summed E-state index contributed by atoms with van der Waals surface area (Å²) >= 11 is 0. The number of aliphatic imine (C=N–C) groups is 1. The van der Waals surface area contributed by atoms with Crippen LogP contribution in [0, 0.1) is 11.8 Å². The van der Waals surface area contributed by atoms with Gasteiger partial charge in [0.05, 0.1) is 6.54 Å². The van der Waals surface area contributed by atoms with Crippen LogP contribution in [-0.2, 0) is 9.47 Å². The Morgan fingerprint density at radius 2 is 1.85 bits per heavy atom. The van der Waals surface area contributed by atoms with Crippen LogP contribution in [-0.4, -0.2) is 77.1 Å². The number of nitrogens with zero attached hydrogens (tertiary/aromatic N) is 2. The van der Waals surface area contributed by atoms with Crippen molar-refractivity contribution in [3.05, 3.63) is 0 Å². The number of ether oxygens (including phenoxy) is 2. The average molecular weight is 385 g/mol. The van der Waals surface area contributed by atoms with Gasteiger partial charge in [-0.15, -0.1) is 0 Å². The number of hydrogen-bond acceptors (Lipinski definition) is 4. The van der Waals surface area contributed by atoms with Crippen LogP contribution in [0.25, 0.3) is 0 Å². The first-order valence-electron chi connectivity index (χ1n) is 11.0. The molecular weight excluding hydrogens is 340 g/mol. The highest BCUT2D eigenvalue weighted by molar-refractivity contribution is 5.79. The van der Waals surface area contributed by atoms with E-state index in [9.17, 15) is 0 Å². The summed E-state index contributed by atoms with van der Waals surface area (Å²) in [7, 11) is 4.32. The molecule has 1 saturated heterocycles. The van der Waals surface area contributed by atoms with E-state index < -0.39 is 0 Å². The molecule has 1 fully saturated rings. The standard InChI is InChI=1S/C21H44N4O2/c1-6-19(7-2)20(25(4)5)16-24-21(22-8-3)23-12-9-13-27-17-18-10-14-26-15-11-18/h18-20H,6-17H2,1-5H3,(H2,22,23,24). The lowest BCUT2D eigenvalue weighted by Crippen LogP contribution is -2.41. The van der Waals surface area contributed by atoms with Crippen molar-refractivity contribution in [2.45, 2.75) is 58.9 Å². The molecule has 0 radical (unpaired) electrons. The summed E-state index contributed by atoms with van der Waals surface area (Å²) in [6.45, 7) is 12.7. The zero-order valence-corrected chi connectivity index (χ0v) is 18.4. The summed E-state index contributed by atoms with van der Waals surface area (Å²) in [4.78, 5) is 7.16. The lowest BCUT2D eigenvalue weighted by Gasteiger charge is -2.30. The molecule has 0 aromatic heterocycles. The van der Waals surface area contributed by atoms with Gasteiger partial charge in [-0.2, -0.15) is 0 Å². The van der Waals surface area contributed by atoms with Gasteiger partial charge in [-0.25, -0.2) is 0 Å². The van der Waals surface area contributed by atoms with Gasteiger partial charge >= 0.3 is 0 Å². The third-order valence-corrected chi connectivity index (χ3v) is 5.49. The molecule has 0 aromatic rings. The fourth-order valence-corrected chi connectivity index (χ4v) is 3.64. The molecule has 2 N–H and O–H groups in total. The Hall–Kier alpha value is -0.850. The minimum Gasteiger partial charge on any atom is -0.381 e. The van der Waals surface area contributed by atoms with E-state index in [0.717, 1.165) is 71.3 Å². The van der Waals surface area contributed by atoms with Gasteiger partial charge in [0, 0.05) is 45.6 Å². The van der Waals surface area contributed by atoms with E-state index in [-0.39, 0.29) is 0 Å². The number of rotatable bonds is 13. The first-order chi connectivity index (χ1) is 13.1. The zero-order valence-electron chi connectivity index (χ0n) is 18.4. The number of guanidine groups is 1. The Kier molecular flexibility index (Phi) is 13.5. The van der Waals surface area contributed by atoms with Crippen LogP contribution >= 0.6 is 0 Å². The highest BCUT2D eigenvalue weighted by Gasteiger charge is 2.20. The van der Waals surface area contributed by atoms with Gasteiger partial charge in [-0.1, -0.05) is 26.7 Å². The normalized spacial score (nSPS) is 17.5. The summed E-state index contributed by atoms with van der Waals surface area (Å²) in [6, 6.07) is 0.485. The topological polar surface area (TPSA) is 58.1 Å². The van der Waals surface area contributed by atoms with Gasteiger partial charge in [0.15, 0.2) is 5.96 Å². The van der Waals surface area contributed by atoms with Crippen LogP contribution in [0.3, 0.4) is 0 Å². The maximum absolute atomic E-state index is 5.84. The SMILES string of the molecule is CCNC(=NCC(C(CC)CC)N(C)C)NCCCOCC1CCOCC1. The minimum absolute atomic E-state index is 0.485. The van der Waals surface area contributed by atoms with Gasteiger partial charge in [0.2, 0.25) is 0 Å². The molecule has 160 valence electrons. The van der Waals surface area contributed by atoms with Crippen LogP contribution in [0.4, 0.5) is 0 Å². The minimum atomic E-state index is 0.485. The Balaban J connectivity index is 2.30. The summed E-state index contributed by atoms with van der Waals surface area (Å²) in [5.41, 5.74) is 0. The smallest absolute Gasteiger partial charge is 0.191 e. The lowest BCUT2D eigenvalue weighted by atomic mass is 9.93. The second kappa shape index (κ2) is 15.1. The van der Waals surface area contributed by atoms with E-state index in [4.69, 9.17) is 14.5 Å². The van der Waals surface area contributed by atoms with E-state index in [2.05, 4.69) is 50.4 Å². The summed E-state index contributed by atoms with van der Waals surface area (Å²) < 4.78 is 11.2. The van der Waals surface area contributed by atoms with Crippen molar-refractivity contribution in [1.82, 2.24) is 15.5 Å². The fourth-order valence-electron chi connectivity index (χ4n) is 3.64. The van der Waals surface area contributed by atoms with Crippen LogP contribution < -0.4 is 10.6 Å². The third-order valence-electron chi connectivity index (χ3n) is 5.49. The van der Waals surface area contributed by atoms with Crippen molar-refractivity contribution in [3.63, 3.8) is 0 Å². The molecule has 0 amide bonds. The Morgan fingerprint density at radius 1 is 1.15 bits per heavy atom. The monoisotopic (exact) mass is 384 g/mol. The first kappa shape index (κ1) is 24.2. The highest BCUT2D eigenvalue weighted by Crippen LogP contribution is 2.17. The van der Waals surface area contributed by atoms with Crippen LogP contribution in [0.1, 0.15) is 52.9 Å². The molecule has 0 spiro atoms. The van der Waals surface area contributed by atoms with E-state index in [1.165, 1.54) is 12.8 Å². The third kappa shape index (κ3) is 10.3. The van der Waals surface area contributed by atoms with Crippen molar-refractivity contribution in [2.24, 2.45) is 16.8 Å². The van der Waals surface area contributed by atoms with Crippen molar-refractivity contribution in [2.75, 3.05) is 60.2 Å². The Morgan fingerprint density at radius 3 is 2.44 bits per heavy atom. The van der Waals surface area contributed by atoms with Gasteiger partial charge in [-0.3, -0.25) is 4.99 Å². The van der Waals surface area contributed by atoms with Crippen LogP contribution in [0.15, 0.2) is 4.99 Å². The van der Waals surface area contributed by atoms with E-state index in [0.29, 0.717) is 17.9 Å². The Labute approximate surface area is 167 Å². The molecular formula is C21H44N4O2. The molecule has 1 atom stereocenters. The second-order valence-electron chi connectivity index (χ2n) is 7.74. The number of hydrogen-bond donors (Lipinski definition) is 2. The van der Waals surface area contributed by atoms with Gasteiger partial charge in [-0.05, 0) is 52.1 Å². The lowest BCUT2D eigenvalue weighted by molar-refractivity contribution is 0.0203. The van der Waals surface area contributed by atoms with Crippen LogP contribution in [0.2, 0.25) is 0 Å². The molecule has 1 aliphatic heterocycles. The van der Waals surface area contributed by atoms with Gasteiger partial charge in [0.1, 0.15) is 0 Å². The molecule has 0 aromatic carbocycles. The molecule has 1 rings (SSSR count). The molecule has 1 unspecified atom stereocenters. The van der Waals surface area contributed by atoms with E-state index in [1.807, 2.05) is 0 Å². The fraction of sp³-hybridized carbons (Fsp3) is 0.952. The maximum Gasteiger partial charge on any atom is 0.191 e. The first-order valence-corrected chi connectivity index (χ1v) is 11.0. The van der Waals surface area contributed by atoms with Crippen molar-refractivity contribution >= 4 is 5.96 Å². The highest BCUT2D eigenvalue weighted by atomic mass is 16.5. The van der Waals surface area contributed by atoms with Gasteiger partial charge < -0.3 is 25.0 Å². The molecule has 27 heavy (non-hydrogen) atoms. The average Bonchev–Trinajstić information content (AvgIpc) is 2.68. The maximum atomic E-state index is 5.84. The van der Waals surface area contributed by atoms with Crippen molar-refractivity contribution in [3.8, 4) is 0 Å². The second-order valence-corrected chi connectivity index (χ2v) is 7.74. The molecule has 6 heteroatoms. The number of nitrogens with one attached hydrogen (secondary N) is 2. The number of likely N-dealkylation sites (N-methyl/N-ethyl adjacent to an activating group) is 1. The zero-order chi connectivity index (χ0) is 19.9. The molecule has 0 bridgehead atoms. The van der Waals surface area contributed by atoms with Crippen molar-refractivity contribution in [1.29, 1.82) is 0 Å². The van der Waals surface area contributed by atoms with E-state index in [1.54, 1.807) is 0 Å². The summed E-state index contributed by atoms with van der Waals surface area (Å²) in [5, 5.41) is 6.81. The molecule has 6 nitrogen and oxygen atoms in total. The molecule has 1 aliphatic rings. The Bertz CT molecular complexity index is 380. The van der Waals surface area contributed by atoms with Crippen LogP contribution in [0.5, 0.6) is 0 Å². The largest absolute Gasteiger partial charge is 0.381 e. The van der Waals surface area contributed by atoms with Crippen molar-refractivity contribution < 1.29 is 9.47 Å².